The van der Waals surface area contributed by atoms with Gasteiger partial charge in [0.15, 0.2) is 0 Å². The molecule has 0 fully saturated rings. The highest BCUT2D eigenvalue weighted by atomic mass is 32.1. The minimum atomic E-state index is -0.411. The van der Waals surface area contributed by atoms with E-state index in [1.807, 2.05) is 56.3 Å². The van der Waals surface area contributed by atoms with Crippen LogP contribution in [0.2, 0.25) is 0 Å². The van der Waals surface area contributed by atoms with Gasteiger partial charge in [0.2, 0.25) is 5.82 Å². The van der Waals surface area contributed by atoms with Gasteiger partial charge in [-0.3, -0.25) is 20.4 Å². The van der Waals surface area contributed by atoms with Crippen LogP contribution >= 0.6 is 11.3 Å². The third-order valence-corrected chi connectivity index (χ3v) is 6.28. The van der Waals surface area contributed by atoms with Crippen molar-refractivity contribution in [2.45, 2.75) is 33.2 Å². The lowest BCUT2D eigenvalue weighted by Crippen LogP contribution is -2.41. The summed E-state index contributed by atoms with van der Waals surface area (Å²) in [5.41, 5.74) is 7.79. The number of rotatable bonds is 6. The van der Waals surface area contributed by atoms with Gasteiger partial charge >= 0.3 is 0 Å². The first-order valence-corrected chi connectivity index (χ1v) is 11.2. The lowest BCUT2D eigenvalue weighted by molar-refractivity contribution is 0.0848. The first-order valence-electron chi connectivity index (χ1n) is 10.4. The van der Waals surface area contributed by atoms with E-state index < -0.39 is 5.91 Å². The molecule has 2 N–H and O–H groups in total. The molecule has 0 aliphatic carbocycles. The highest BCUT2D eigenvalue weighted by Gasteiger charge is 2.17. The van der Waals surface area contributed by atoms with Crippen molar-refractivity contribution in [1.29, 1.82) is 0 Å². The van der Waals surface area contributed by atoms with E-state index in [9.17, 15) is 9.59 Å². The Labute approximate surface area is 194 Å². The largest absolute Gasteiger partial charge is 0.281 e. The lowest BCUT2D eigenvalue weighted by Gasteiger charge is -2.07. The minimum absolute atomic E-state index is 0.237. The second-order valence-corrected chi connectivity index (χ2v) is 8.77. The Kier molecular flexibility index (Phi) is 6.55. The molecule has 0 bridgehead atoms. The lowest BCUT2D eigenvalue weighted by atomic mass is 10.1. The van der Waals surface area contributed by atoms with Gasteiger partial charge in [-0.05, 0) is 29.8 Å². The number of aromatic nitrogens is 5. The maximum absolute atomic E-state index is 12.4. The molecular formula is C23H23N7O2S. The molecule has 0 radical (unpaired) electrons. The topological polar surface area (TPSA) is 115 Å². The summed E-state index contributed by atoms with van der Waals surface area (Å²) in [6.07, 6.45) is 0. The SMILES string of the molecule is Cc1nc(C(C)C)sc1C(=O)NNC(=O)c1ccc(Cn2nnc(-c3ccccc3)n2)cc1. The molecule has 10 heteroatoms. The van der Waals surface area contributed by atoms with Gasteiger partial charge in [-0.25, -0.2) is 4.98 Å². The first kappa shape index (κ1) is 22.3. The smallest absolute Gasteiger partial charge is 0.267 e. The van der Waals surface area contributed by atoms with Crippen LogP contribution in [0.1, 0.15) is 56.1 Å². The molecule has 0 unspecified atom stereocenters. The maximum atomic E-state index is 12.4. The summed E-state index contributed by atoms with van der Waals surface area (Å²) in [6, 6.07) is 16.6. The molecule has 0 atom stereocenters. The van der Waals surface area contributed by atoms with Crippen LogP contribution in [0.5, 0.6) is 0 Å². The third kappa shape index (κ3) is 5.29. The summed E-state index contributed by atoms with van der Waals surface area (Å²) in [6.45, 7) is 6.24. The Morgan fingerprint density at radius 1 is 1.00 bits per heavy atom. The van der Waals surface area contributed by atoms with Crippen LogP contribution in [0, 0.1) is 6.92 Å². The average Bonchev–Trinajstić information content (AvgIpc) is 3.45. The van der Waals surface area contributed by atoms with Gasteiger partial charge in [-0.1, -0.05) is 56.3 Å². The average molecular weight is 462 g/mol. The summed E-state index contributed by atoms with van der Waals surface area (Å²) < 4.78 is 0. The van der Waals surface area contributed by atoms with Gasteiger partial charge in [0.05, 0.1) is 17.2 Å². The van der Waals surface area contributed by atoms with Crippen LogP contribution in [0.15, 0.2) is 54.6 Å². The number of thiazole rings is 1. The number of benzene rings is 2. The number of nitrogens with one attached hydrogen (secondary N) is 2. The normalized spacial score (nSPS) is 10.9. The predicted molar refractivity (Wildman–Crippen MR) is 125 cm³/mol. The Morgan fingerprint density at radius 3 is 2.36 bits per heavy atom. The molecule has 33 heavy (non-hydrogen) atoms. The van der Waals surface area contributed by atoms with Gasteiger partial charge in [-0.2, -0.15) is 4.80 Å². The van der Waals surface area contributed by atoms with Crippen molar-refractivity contribution in [2.24, 2.45) is 0 Å². The van der Waals surface area contributed by atoms with E-state index in [4.69, 9.17) is 0 Å². The molecule has 2 aromatic heterocycles. The van der Waals surface area contributed by atoms with E-state index in [0.29, 0.717) is 28.5 Å². The summed E-state index contributed by atoms with van der Waals surface area (Å²) in [4.78, 5) is 31.3. The van der Waals surface area contributed by atoms with Gasteiger partial charge in [0, 0.05) is 17.0 Å². The van der Waals surface area contributed by atoms with E-state index in [-0.39, 0.29) is 11.8 Å². The molecule has 2 amide bonds. The molecule has 2 aromatic carbocycles. The number of carbonyl (C=O) groups excluding carboxylic acids is 2. The Balaban J connectivity index is 1.34. The first-order chi connectivity index (χ1) is 15.9. The van der Waals surface area contributed by atoms with E-state index in [1.165, 1.54) is 16.1 Å². The quantitative estimate of drug-likeness (QED) is 0.426. The van der Waals surface area contributed by atoms with Crippen molar-refractivity contribution in [3.8, 4) is 11.4 Å². The molecule has 0 aliphatic heterocycles. The van der Waals surface area contributed by atoms with Gasteiger partial charge in [-0.15, -0.1) is 21.5 Å². The van der Waals surface area contributed by atoms with Crippen molar-refractivity contribution in [3.05, 3.63) is 81.3 Å². The second-order valence-electron chi connectivity index (χ2n) is 7.74. The molecule has 0 saturated heterocycles. The highest BCUT2D eigenvalue weighted by molar-refractivity contribution is 7.13. The second kappa shape index (κ2) is 9.70. The number of aryl methyl sites for hydroxylation is 1. The molecule has 2 heterocycles. The summed E-state index contributed by atoms with van der Waals surface area (Å²) in [7, 11) is 0. The van der Waals surface area contributed by atoms with Crippen LogP contribution in [-0.2, 0) is 6.54 Å². The number of amides is 2. The molecule has 0 aliphatic rings. The summed E-state index contributed by atoms with van der Waals surface area (Å²) in [5.74, 6) is -0.000204. The van der Waals surface area contributed by atoms with Crippen LogP contribution in [0.25, 0.3) is 11.4 Å². The van der Waals surface area contributed by atoms with Crippen molar-refractivity contribution < 1.29 is 9.59 Å². The van der Waals surface area contributed by atoms with Crippen LogP contribution in [0.3, 0.4) is 0 Å². The summed E-state index contributed by atoms with van der Waals surface area (Å²) >= 11 is 1.33. The van der Waals surface area contributed by atoms with E-state index in [2.05, 4.69) is 31.2 Å². The molecule has 4 aromatic rings. The van der Waals surface area contributed by atoms with Crippen molar-refractivity contribution >= 4 is 23.2 Å². The minimum Gasteiger partial charge on any atom is -0.267 e. The molecule has 168 valence electrons. The monoisotopic (exact) mass is 461 g/mol. The van der Waals surface area contributed by atoms with Gasteiger partial charge in [0.25, 0.3) is 11.8 Å². The zero-order valence-electron chi connectivity index (χ0n) is 18.4. The molecule has 9 nitrogen and oxygen atoms in total. The highest BCUT2D eigenvalue weighted by Crippen LogP contribution is 2.24. The third-order valence-electron chi connectivity index (χ3n) is 4.83. The van der Waals surface area contributed by atoms with Crippen molar-refractivity contribution in [1.82, 2.24) is 36.0 Å². The fourth-order valence-corrected chi connectivity index (χ4v) is 4.02. The number of hydrazine groups is 1. The van der Waals surface area contributed by atoms with E-state index in [1.54, 1.807) is 19.1 Å². The van der Waals surface area contributed by atoms with Gasteiger partial charge in [0.1, 0.15) is 4.88 Å². The van der Waals surface area contributed by atoms with Crippen molar-refractivity contribution in [3.63, 3.8) is 0 Å². The van der Waals surface area contributed by atoms with E-state index >= 15 is 0 Å². The van der Waals surface area contributed by atoms with Crippen LogP contribution in [0.4, 0.5) is 0 Å². The number of carbonyl (C=O) groups is 2. The van der Waals surface area contributed by atoms with Crippen LogP contribution in [-0.4, -0.2) is 37.0 Å². The molecule has 4 rings (SSSR count). The Bertz CT molecular complexity index is 1260. The number of hydrogen-bond donors (Lipinski definition) is 2. The fourth-order valence-electron chi connectivity index (χ4n) is 3.06. The Hall–Kier alpha value is -3.92. The zero-order chi connectivity index (χ0) is 23.4. The Morgan fingerprint density at radius 2 is 1.70 bits per heavy atom. The molecular weight excluding hydrogens is 438 g/mol. The van der Waals surface area contributed by atoms with Crippen LogP contribution < -0.4 is 10.9 Å². The molecule has 0 saturated carbocycles. The molecule has 0 spiro atoms. The zero-order valence-corrected chi connectivity index (χ0v) is 19.3. The van der Waals surface area contributed by atoms with E-state index in [0.717, 1.165) is 16.1 Å². The fraction of sp³-hybridized carbons (Fsp3) is 0.217. The maximum Gasteiger partial charge on any atom is 0.281 e. The standard InChI is InChI=1S/C23H23N7O2S/c1-14(2)23-24-15(3)19(33-23)22(32)27-26-21(31)18-11-9-16(10-12-18)13-30-28-20(25-29-30)17-7-5-4-6-8-17/h4-12,14H,13H2,1-3H3,(H,26,31)(H,27,32). The predicted octanol–water partition coefficient (Wildman–Crippen LogP) is 3.35. The number of hydrogen-bond acceptors (Lipinski definition) is 7. The number of tetrazole rings is 1. The van der Waals surface area contributed by atoms with Crippen molar-refractivity contribution in [2.75, 3.05) is 0 Å². The van der Waals surface area contributed by atoms with Gasteiger partial charge < -0.3 is 0 Å². The number of nitrogens with zero attached hydrogens (tertiary/aromatic N) is 5. The summed E-state index contributed by atoms with van der Waals surface area (Å²) in [5, 5.41) is 13.5.